The summed E-state index contributed by atoms with van der Waals surface area (Å²) in [5, 5.41) is 20.5. The van der Waals surface area contributed by atoms with Gasteiger partial charge < -0.3 is 10.2 Å². The van der Waals surface area contributed by atoms with Crippen molar-refractivity contribution in [3.8, 4) is 0 Å². The molecule has 0 radical (unpaired) electrons. The standard InChI is InChI=1S/C16H25ClN2O2/c1-12-9-18(7-8-19(12)10-13(2)20)11-16(21)14-5-3-4-6-15(14)17/h3-6,12-13,16,20-21H,7-11H2,1-2H3. The SMILES string of the molecule is CC(O)CN1CCN(CC(O)c2ccccc2Cl)CC1C. The first-order chi connectivity index (χ1) is 9.97. The maximum atomic E-state index is 10.4. The van der Waals surface area contributed by atoms with Gasteiger partial charge in [0.15, 0.2) is 0 Å². The van der Waals surface area contributed by atoms with Gasteiger partial charge in [-0.25, -0.2) is 0 Å². The molecule has 0 saturated carbocycles. The fraction of sp³-hybridized carbons (Fsp3) is 0.625. The summed E-state index contributed by atoms with van der Waals surface area (Å²) in [6.07, 6.45) is -0.859. The summed E-state index contributed by atoms with van der Waals surface area (Å²) in [5.41, 5.74) is 0.790. The number of nitrogens with zero attached hydrogens (tertiary/aromatic N) is 2. The van der Waals surface area contributed by atoms with Gasteiger partial charge in [-0.3, -0.25) is 9.80 Å². The summed E-state index contributed by atoms with van der Waals surface area (Å²) in [4.78, 5) is 4.56. The van der Waals surface area contributed by atoms with E-state index < -0.39 is 6.10 Å². The molecule has 2 N–H and O–H groups in total. The van der Waals surface area contributed by atoms with Gasteiger partial charge in [-0.15, -0.1) is 0 Å². The molecule has 1 aromatic carbocycles. The Morgan fingerprint density at radius 3 is 2.57 bits per heavy atom. The van der Waals surface area contributed by atoms with E-state index >= 15 is 0 Å². The maximum absolute atomic E-state index is 10.4. The number of piperazine rings is 1. The minimum absolute atomic E-state index is 0.298. The van der Waals surface area contributed by atoms with Crippen LogP contribution in [-0.4, -0.2) is 64.9 Å². The van der Waals surface area contributed by atoms with Crippen LogP contribution in [0.4, 0.5) is 0 Å². The van der Waals surface area contributed by atoms with Gasteiger partial charge in [0.2, 0.25) is 0 Å². The minimum Gasteiger partial charge on any atom is -0.392 e. The van der Waals surface area contributed by atoms with Crippen LogP contribution in [0.15, 0.2) is 24.3 Å². The molecule has 1 aliphatic rings. The zero-order chi connectivity index (χ0) is 15.4. The normalized spacial score (nSPS) is 24.0. The van der Waals surface area contributed by atoms with Crippen LogP contribution in [0.25, 0.3) is 0 Å². The molecule has 4 nitrogen and oxygen atoms in total. The van der Waals surface area contributed by atoms with E-state index in [1.54, 1.807) is 0 Å². The first kappa shape index (κ1) is 16.7. The third-order valence-electron chi connectivity index (χ3n) is 4.04. The topological polar surface area (TPSA) is 46.9 Å². The molecule has 1 heterocycles. The Morgan fingerprint density at radius 2 is 1.95 bits per heavy atom. The van der Waals surface area contributed by atoms with Gasteiger partial charge in [-0.05, 0) is 19.9 Å². The van der Waals surface area contributed by atoms with Crippen molar-refractivity contribution in [2.75, 3.05) is 32.7 Å². The van der Waals surface area contributed by atoms with Crippen molar-refractivity contribution in [2.45, 2.75) is 32.1 Å². The Morgan fingerprint density at radius 1 is 1.24 bits per heavy atom. The van der Waals surface area contributed by atoms with Crippen molar-refractivity contribution >= 4 is 11.6 Å². The second kappa shape index (κ2) is 7.56. The monoisotopic (exact) mass is 312 g/mol. The molecule has 0 aliphatic carbocycles. The molecule has 1 aliphatic heterocycles. The number of aliphatic hydroxyl groups excluding tert-OH is 2. The Labute approximate surface area is 131 Å². The van der Waals surface area contributed by atoms with Crippen LogP contribution in [0, 0.1) is 0 Å². The van der Waals surface area contributed by atoms with Gasteiger partial charge in [0.05, 0.1) is 12.2 Å². The smallest absolute Gasteiger partial charge is 0.0931 e. The van der Waals surface area contributed by atoms with E-state index in [1.807, 2.05) is 31.2 Å². The summed E-state index contributed by atoms with van der Waals surface area (Å²) in [6.45, 7) is 8.00. The van der Waals surface area contributed by atoms with Crippen LogP contribution in [0.5, 0.6) is 0 Å². The summed E-state index contributed by atoms with van der Waals surface area (Å²) in [6, 6.07) is 7.83. The molecule has 5 heteroatoms. The highest BCUT2D eigenvalue weighted by Gasteiger charge is 2.26. The lowest BCUT2D eigenvalue weighted by molar-refractivity contribution is 0.0240. The second-order valence-electron chi connectivity index (χ2n) is 5.99. The van der Waals surface area contributed by atoms with Gasteiger partial charge in [-0.2, -0.15) is 0 Å². The molecule has 1 fully saturated rings. The number of halogens is 1. The van der Waals surface area contributed by atoms with Crippen LogP contribution in [-0.2, 0) is 0 Å². The fourth-order valence-corrected chi connectivity index (χ4v) is 3.20. The second-order valence-corrected chi connectivity index (χ2v) is 6.40. The third-order valence-corrected chi connectivity index (χ3v) is 4.39. The van der Waals surface area contributed by atoms with Gasteiger partial charge in [-0.1, -0.05) is 29.8 Å². The zero-order valence-electron chi connectivity index (χ0n) is 12.7. The molecule has 3 unspecified atom stereocenters. The van der Waals surface area contributed by atoms with Crippen LogP contribution < -0.4 is 0 Å². The highest BCUT2D eigenvalue weighted by Crippen LogP contribution is 2.24. The molecule has 0 aromatic heterocycles. The molecule has 118 valence electrons. The highest BCUT2D eigenvalue weighted by molar-refractivity contribution is 6.31. The first-order valence-corrected chi connectivity index (χ1v) is 7.92. The Hall–Kier alpha value is -0.650. The van der Waals surface area contributed by atoms with E-state index in [2.05, 4.69) is 16.7 Å². The number of hydrogen-bond donors (Lipinski definition) is 2. The Kier molecular flexibility index (Phi) is 6.02. The number of β-amino-alcohol motifs (C(OH)–C–C–N with tert-alkyl or cyclic N) is 2. The lowest BCUT2D eigenvalue weighted by Crippen LogP contribution is -2.54. The average molecular weight is 313 g/mol. The van der Waals surface area contributed by atoms with E-state index in [-0.39, 0.29) is 6.10 Å². The van der Waals surface area contributed by atoms with Gasteiger partial charge >= 0.3 is 0 Å². The molecule has 0 spiro atoms. The zero-order valence-corrected chi connectivity index (χ0v) is 13.5. The molecular weight excluding hydrogens is 288 g/mol. The van der Waals surface area contributed by atoms with Crippen LogP contribution in [0.2, 0.25) is 5.02 Å². The molecule has 0 amide bonds. The lowest BCUT2D eigenvalue weighted by atomic mass is 10.1. The molecular formula is C16H25ClN2O2. The van der Waals surface area contributed by atoms with Crippen LogP contribution in [0.1, 0.15) is 25.5 Å². The van der Waals surface area contributed by atoms with E-state index in [4.69, 9.17) is 11.6 Å². The van der Waals surface area contributed by atoms with Crippen molar-refractivity contribution in [1.29, 1.82) is 0 Å². The average Bonchev–Trinajstić information content (AvgIpc) is 2.42. The van der Waals surface area contributed by atoms with Crippen molar-refractivity contribution in [1.82, 2.24) is 9.80 Å². The quantitative estimate of drug-likeness (QED) is 0.870. The van der Waals surface area contributed by atoms with Crippen molar-refractivity contribution in [3.63, 3.8) is 0 Å². The molecule has 2 rings (SSSR count). The number of hydrogen-bond acceptors (Lipinski definition) is 4. The molecule has 0 bridgehead atoms. The Balaban J connectivity index is 1.89. The van der Waals surface area contributed by atoms with Crippen LogP contribution in [0.3, 0.4) is 0 Å². The fourth-order valence-electron chi connectivity index (χ4n) is 2.94. The van der Waals surface area contributed by atoms with Gasteiger partial charge in [0.25, 0.3) is 0 Å². The maximum Gasteiger partial charge on any atom is 0.0931 e. The van der Waals surface area contributed by atoms with Crippen LogP contribution >= 0.6 is 11.6 Å². The van der Waals surface area contributed by atoms with Crippen molar-refractivity contribution < 1.29 is 10.2 Å². The summed E-state index contributed by atoms with van der Waals surface area (Å²) in [7, 11) is 0. The number of aliphatic hydroxyl groups is 2. The Bertz CT molecular complexity index is 456. The lowest BCUT2D eigenvalue weighted by Gasteiger charge is -2.41. The summed E-state index contributed by atoms with van der Waals surface area (Å²) >= 11 is 6.13. The summed E-state index contributed by atoms with van der Waals surface area (Å²) in [5.74, 6) is 0. The summed E-state index contributed by atoms with van der Waals surface area (Å²) < 4.78 is 0. The molecule has 1 aromatic rings. The van der Waals surface area contributed by atoms with E-state index in [9.17, 15) is 10.2 Å². The third kappa shape index (κ3) is 4.66. The van der Waals surface area contributed by atoms with E-state index in [0.717, 1.165) is 25.2 Å². The largest absolute Gasteiger partial charge is 0.392 e. The molecule has 3 atom stereocenters. The van der Waals surface area contributed by atoms with Gasteiger partial charge in [0.1, 0.15) is 0 Å². The van der Waals surface area contributed by atoms with E-state index in [0.29, 0.717) is 24.2 Å². The van der Waals surface area contributed by atoms with Crippen molar-refractivity contribution in [3.05, 3.63) is 34.9 Å². The first-order valence-electron chi connectivity index (χ1n) is 7.54. The predicted molar refractivity (Wildman–Crippen MR) is 85.6 cm³/mol. The highest BCUT2D eigenvalue weighted by atomic mass is 35.5. The number of benzene rings is 1. The van der Waals surface area contributed by atoms with Crippen molar-refractivity contribution in [2.24, 2.45) is 0 Å². The van der Waals surface area contributed by atoms with Gasteiger partial charge in [0, 0.05) is 49.4 Å². The number of rotatable bonds is 5. The molecule has 1 saturated heterocycles. The van der Waals surface area contributed by atoms with E-state index in [1.165, 1.54) is 0 Å². The minimum atomic E-state index is -0.561. The molecule has 21 heavy (non-hydrogen) atoms. The predicted octanol–water partition coefficient (Wildman–Crippen LogP) is 1.76.